The first-order chi connectivity index (χ1) is 9.85. The molecule has 1 amide bonds. The number of nitrogens with one attached hydrogen (secondary N) is 1. The van der Waals surface area contributed by atoms with Gasteiger partial charge in [0.05, 0.1) is 36.9 Å². The highest BCUT2D eigenvalue weighted by atomic mass is 16.6. The van der Waals surface area contributed by atoms with Crippen LogP contribution in [0.4, 0.5) is 4.79 Å². The van der Waals surface area contributed by atoms with E-state index in [9.17, 15) is 4.79 Å². The first-order valence-corrected chi connectivity index (χ1v) is 7.46. The number of carbonyl (C=O) groups excluding carboxylic acids is 1. The van der Waals surface area contributed by atoms with E-state index in [2.05, 4.69) is 10.3 Å². The Morgan fingerprint density at radius 1 is 1.62 bits per heavy atom. The highest BCUT2D eigenvalue weighted by Crippen LogP contribution is 2.18. The fourth-order valence-electron chi connectivity index (χ4n) is 2.41. The van der Waals surface area contributed by atoms with Crippen LogP contribution >= 0.6 is 0 Å². The van der Waals surface area contributed by atoms with Gasteiger partial charge in [-0.05, 0) is 40.5 Å². The van der Waals surface area contributed by atoms with Crippen molar-refractivity contribution in [3.63, 3.8) is 0 Å². The smallest absolute Gasteiger partial charge is 0.408 e. The summed E-state index contributed by atoms with van der Waals surface area (Å²) in [7, 11) is 0. The Balaban J connectivity index is 1.94. The summed E-state index contributed by atoms with van der Waals surface area (Å²) in [6, 6.07) is -0.163. The fourth-order valence-corrected chi connectivity index (χ4v) is 2.41. The highest BCUT2D eigenvalue weighted by Gasteiger charge is 2.22. The molecule has 6 heteroatoms. The van der Waals surface area contributed by atoms with E-state index in [1.807, 2.05) is 32.3 Å². The summed E-state index contributed by atoms with van der Waals surface area (Å²) in [4.78, 5) is 16.0. The van der Waals surface area contributed by atoms with Gasteiger partial charge in [0.15, 0.2) is 0 Å². The van der Waals surface area contributed by atoms with Crippen molar-refractivity contribution in [3.8, 4) is 0 Å². The molecular weight excluding hydrogens is 270 g/mol. The van der Waals surface area contributed by atoms with Crippen LogP contribution in [0, 0.1) is 0 Å². The lowest BCUT2D eigenvalue weighted by molar-refractivity contribution is 0.0505. The average molecular weight is 295 g/mol. The molecule has 1 aromatic rings. The van der Waals surface area contributed by atoms with E-state index in [4.69, 9.17) is 9.47 Å². The molecule has 0 radical (unpaired) electrons. The van der Waals surface area contributed by atoms with Gasteiger partial charge < -0.3 is 19.4 Å². The summed E-state index contributed by atoms with van der Waals surface area (Å²) in [5.74, 6) is 0. The number of carbonyl (C=O) groups is 1. The van der Waals surface area contributed by atoms with Gasteiger partial charge >= 0.3 is 6.09 Å². The molecule has 0 bridgehead atoms. The first-order valence-electron chi connectivity index (χ1n) is 7.46. The third-order valence-corrected chi connectivity index (χ3v) is 3.35. The molecule has 0 aromatic carbocycles. The zero-order chi connectivity index (χ0) is 15.5. The first kappa shape index (κ1) is 15.8. The highest BCUT2D eigenvalue weighted by molar-refractivity contribution is 5.68. The molecule has 0 saturated carbocycles. The Morgan fingerprint density at radius 3 is 3.00 bits per heavy atom. The Labute approximate surface area is 125 Å². The summed E-state index contributed by atoms with van der Waals surface area (Å²) in [5, 5.41) is 2.84. The predicted octanol–water partition coefficient (Wildman–Crippen LogP) is 2.65. The van der Waals surface area contributed by atoms with Crippen molar-refractivity contribution in [2.24, 2.45) is 0 Å². The van der Waals surface area contributed by atoms with Gasteiger partial charge in [0.1, 0.15) is 5.60 Å². The van der Waals surface area contributed by atoms with Crippen LogP contribution in [0.3, 0.4) is 0 Å². The second kappa shape index (κ2) is 6.47. The minimum atomic E-state index is -0.498. The van der Waals surface area contributed by atoms with E-state index in [0.29, 0.717) is 0 Å². The normalized spacial score (nSPS) is 20.3. The summed E-state index contributed by atoms with van der Waals surface area (Å²) in [6.45, 7) is 9.07. The minimum absolute atomic E-state index is 0.163. The molecule has 1 unspecified atom stereocenters. The maximum absolute atomic E-state index is 11.8. The van der Waals surface area contributed by atoms with Gasteiger partial charge in [-0.15, -0.1) is 0 Å². The molecule has 1 aromatic heterocycles. The predicted molar refractivity (Wildman–Crippen MR) is 79.0 cm³/mol. The number of alkyl carbamates (subject to hydrolysis) is 1. The second-order valence-electron chi connectivity index (χ2n) is 6.47. The summed E-state index contributed by atoms with van der Waals surface area (Å²) in [5.41, 5.74) is 0.457. The number of hydrogen-bond acceptors (Lipinski definition) is 4. The van der Waals surface area contributed by atoms with Crippen LogP contribution in [0.15, 0.2) is 12.5 Å². The molecule has 2 heterocycles. The van der Waals surface area contributed by atoms with Crippen LogP contribution in [-0.2, 0) is 16.0 Å². The third-order valence-electron chi connectivity index (χ3n) is 3.35. The number of hydrogen-bond donors (Lipinski definition) is 1. The fraction of sp³-hybridized carbons (Fsp3) is 0.733. The van der Waals surface area contributed by atoms with Crippen molar-refractivity contribution in [3.05, 3.63) is 18.2 Å². The van der Waals surface area contributed by atoms with E-state index in [0.717, 1.165) is 31.7 Å². The van der Waals surface area contributed by atoms with Gasteiger partial charge in [-0.25, -0.2) is 9.78 Å². The Morgan fingerprint density at radius 2 is 2.38 bits per heavy atom. The number of imidazole rings is 1. The summed E-state index contributed by atoms with van der Waals surface area (Å²) >= 11 is 0. The van der Waals surface area contributed by atoms with Crippen LogP contribution in [0.5, 0.6) is 0 Å². The van der Waals surface area contributed by atoms with Crippen molar-refractivity contribution in [2.75, 3.05) is 6.61 Å². The van der Waals surface area contributed by atoms with Crippen LogP contribution < -0.4 is 5.32 Å². The molecule has 118 valence electrons. The summed E-state index contributed by atoms with van der Waals surface area (Å²) < 4.78 is 13.0. The quantitative estimate of drug-likeness (QED) is 0.927. The average Bonchev–Trinajstić information content (AvgIpc) is 2.97. The minimum Gasteiger partial charge on any atom is -0.444 e. The Bertz CT molecular complexity index is 473. The molecule has 0 aliphatic carbocycles. The van der Waals surface area contributed by atoms with Crippen LogP contribution in [0.1, 0.15) is 52.3 Å². The largest absolute Gasteiger partial charge is 0.444 e. The van der Waals surface area contributed by atoms with Gasteiger partial charge in [-0.1, -0.05) is 0 Å². The Hall–Kier alpha value is -1.56. The van der Waals surface area contributed by atoms with Crippen LogP contribution in [-0.4, -0.2) is 34.0 Å². The van der Waals surface area contributed by atoms with Crippen molar-refractivity contribution >= 4 is 6.09 Å². The maximum Gasteiger partial charge on any atom is 0.408 e. The van der Waals surface area contributed by atoms with Crippen LogP contribution in [0.25, 0.3) is 0 Å². The number of amides is 1. The SMILES string of the molecule is C[C@@H](NC(=O)OC(C)(C)C)c1cncn1CC1CCCO1. The number of rotatable bonds is 4. The molecule has 1 N–H and O–H groups in total. The Kier molecular flexibility index (Phi) is 4.88. The van der Waals surface area contributed by atoms with E-state index < -0.39 is 11.7 Å². The van der Waals surface area contributed by atoms with Crippen LogP contribution in [0.2, 0.25) is 0 Å². The van der Waals surface area contributed by atoms with Crippen molar-refractivity contribution < 1.29 is 14.3 Å². The third kappa shape index (κ3) is 4.74. The number of nitrogens with zero attached hydrogens (tertiary/aromatic N) is 2. The van der Waals surface area contributed by atoms with Gasteiger partial charge in [0.25, 0.3) is 0 Å². The van der Waals surface area contributed by atoms with Gasteiger partial charge in [0, 0.05) is 6.61 Å². The van der Waals surface area contributed by atoms with Gasteiger partial charge in [-0.2, -0.15) is 0 Å². The van der Waals surface area contributed by atoms with E-state index in [1.54, 1.807) is 12.5 Å². The molecule has 1 fully saturated rings. The lowest BCUT2D eigenvalue weighted by atomic mass is 10.2. The zero-order valence-corrected chi connectivity index (χ0v) is 13.3. The monoisotopic (exact) mass is 295 g/mol. The molecule has 6 nitrogen and oxygen atoms in total. The molecule has 1 saturated heterocycles. The second-order valence-corrected chi connectivity index (χ2v) is 6.47. The molecule has 2 atom stereocenters. The van der Waals surface area contributed by atoms with Crippen molar-refractivity contribution in [1.82, 2.24) is 14.9 Å². The zero-order valence-electron chi connectivity index (χ0n) is 13.3. The maximum atomic E-state index is 11.8. The molecular formula is C15H25N3O3. The van der Waals surface area contributed by atoms with E-state index in [-0.39, 0.29) is 12.1 Å². The molecule has 1 aliphatic heterocycles. The van der Waals surface area contributed by atoms with E-state index in [1.165, 1.54) is 0 Å². The van der Waals surface area contributed by atoms with Gasteiger partial charge in [-0.3, -0.25) is 0 Å². The molecule has 2 rings (SSSR count). The topological polar surface area (TPSA) is 65.4 Å². The lowest BCUT2D eigenvalue weighted by Gasteiger charge is -2.23. The number of aromatic nitrogens is 2. The standard InChI is InChI=1S/C15H25N3O3/c1-11(17-14(19)21-15(2,3)4)13-8-16-10-18(13)9-12-6-5-7-20-12/h8,10-12H,5-7,9H2,1-4H3,(H,17,19)/t11-,12?/m1/s1. The van der Waals surface area contributed by atoms with Crippen molar-refractivity contribution in [2.45, 2.75) is 64.8 Å². The lowest BCUT2D eigenvalue weighted by Crippen LogP contribution is -2.34. The molecule has 1 aliphatic rings. The van der Waals surface area contributed by atoms with E-state index >= 15 is 0 Å². The summed E-state index contributed by atoms with van der Waals surface area (Å²) in [6.07, 6.45) is 5.57. The molecule has 21 heavy (non-hydrogen) atoms. The van der Waals surface area contributed by atoms with Crippen molar-refractivity contribution in [1.29, 1.82) is 0 Å². The van der Waals surface area contributed by atoms with Gasteiger partial charge in [0.2, 0.25) is 0 Å². The molecule has 0 spiro atoms. The number of ether oxygens (including phenoxy) is 2.